The smallest absolute Gasteiger partial charge is 0.270 e. The predicted octanol–water partition coefficient (Wildman–Crippen LogP) is 1.81. The van der Waals surface area contributed by atoms with Gasteiger partial charge in [0.1, 0.15) is 11.4 Å². The molecule has 1 rings (SSSR count). The predicted molar refractivity (Wildman–Crippen MR) is 55.6 cm³/mol. The minimum Gasteiger partial charge on any atom is -0.506 e. The van der Waals surface area contributed by atoms with Crippen LogP contribution in [0.1, 0.15) is 24.3 Å². The minimum absolute atomic E-state index is 0.0107. The first-order valence-electron chi connectivity index (χ1n) is 4.81. The number of carbonyl (C=O) groups is 1. The Morgan fingerprint density at radius 3 is 2.56 bits per heavy atom. The fraction of sp³-hybridized carbons (Fsp3) is 0.400. The van der Waals surface area contributed by atoms with Crippen LogP contribution < -0.4 is 5.32 Å². The molecular formula is C10H14F2N2O2. The van der Waals surface area contributed by atoms with E-state index in [1.807, 2.05) is 19.2 Å². The molecule has 90 valence electrons. The van der Waals surface area contributed by atoms with E-state index in [9.17, 15) is 13.6 Å². The molecule has 0 aliphatic heterocycles. The summed E-state index contributed by atoms with van der Waals surface area (Å²) in [6.07, 6.45) is -1.52. The summed E-state index contributed by atoms with van der Waals surface area (Å²) < 4.78 is 23.4. The first-order chi connectivity index (χ1) is 7.59. The lowest BCUT2D eigenvalue weighted by Gasteiger charge is -2.02. The molecule has 0 saturated heterocycles. The fourth-order valence-corrected chi connectivity index (χ4v) is 0.781. The first-order valence-corrected chi connectivity index (χ1v) is 4.81. The number of aromatic hydroxyl groups is 1. The van der Waals surface area contributed by atoms with Crippen molar-refractivity contribution in [3.05, 3.63) is 24.0 Å². The van der Waals surface area contributed by atoms with Crippen LogP contribution in [0, 0.1) is 0 Å². The SMILES string of the molecule is CC.O=C(NCC(F)F)c1ccc(O)cn1. The van der Waals surface area contributed by atoms with E-state index in [2.05, 4.69) is 4.98 Å². The standard InChI is InChI=1S/C8H8F2N2O2.C2H6/c9-7(10)4-12-8(14)6-2-1-5(13)3-11-6;1-2/h1-3,7,13H,4H2,(H,12,14);1-2H3. The van der Waals surface area contributed by atoms with Crippen molar-refractivity contribution in [3.63, 3.8) is 0 Å². The number of rotatable bonds is 3. The zero-order valence-electron chi connectivity index (χ0n) is 9.08. The Morgan fingerprint density at radius 2 is 2.12 bits per heavy atom. The second kappa shape index (κ2) is 7.56. The molecule has 0 atom stereocenters. The fourth-order valence-electron chi connectivity index (χ4n) is 0.781. The Kier molecular flexibility index (Phi) is 6.74. The van der Waals surface area contributed by atoms with Crippen LogP contribution in [0.2, 0.25) is 0 Å². The third-order valence-corrected chi connectivity index (χ3v) is 1.40. The quantitative estimate of drug-likeness (QED) is 0.835. The van der Waals surface area contributed by atoms with Crippen molar-refractivity contribution in [2.24, 2.45) is 0 Å². The molecule has 0 spiro atoms. The third kappa shape index (κ3) is 5.23. The molecule has 0 aliphatic carbocycles. The molecule has 0 saturated carbocycles. The number of hydrogen-bond donors (Lipinski definition) is 2. The summed E-state index contributed by atoms with van der Waals surface area (Å²) in [7, 11) is 0. The molecule has 1 aromatic heterocycles. The summed E-state index contributed by atoms with van der Waals surface area (Å²) in [4.78, 5) is 14.6. The lowest BCUT2D eigenvalue weighted by molar-refractivity contribution is 0.0887. The van der Waals surface area contributed by atoms with Crippen molar-refractivity contribution < 1.29 is 18.7 Å². The van der Waals surface area contributed by atoms with Crippen LogP contribution in [0.25, 0.3) is 0 Å². The van der Waals surface area contributed by atoms with E-state index in [1.165, 1.54) is 12.1 Å². The maximum Gasteiger partial charge on any atom is 0.270 e. The first kappa shape index (κ1) is 14.3. The van der Waals surface area contributed by atoms with Gasteiger partial charge in [0, 0.05) is 0 Å². The molecule has 0 fully saturated rings. The number of halogens is 2. The van der Waals surface area contributed by atoms with Crippen molar-refractivity contribution in [1.82, 2.24) is 10.3 Å². The molecular weight excluding hydrogens is 218 g/mol. The Labute approximate surface area is 92.3 Å². The average Bonchev–Trinajstić information content (AvgIpc) is 2.29. The Morgan fingerprint density at radius 1 is 1.50 bits per heavy atom. The molecule has 0 aromatic carbocycles. The number of alkyl halides is 2. The number of hydrogen-bond acceptors (Lipinski definition) is 3. The van der Waals surface area contributed by atoms with Crippen LogP contribution in [0.4, 0.5) is 8.78 Å². The topological polar surface area (TPSA) is 62.2 Å². The minimum atomic E-state index is -2.59. The van der Waals surface area contributed by atoms with Crippen molar-refractivity contribution in [2.75, 3.05) is 6.54 Å². The van der Waals surface area contributed by atoms with Gasteiger partial charge < -0.3 is 10.4 Å². The number of aromatic nitrogens is 1. The molecule has 16 heavy (non-hydrogen) atoms. The second-order valence-electron chi connectivity index (χ2n) is 2.50. The molecule has 4 nitrogen and oxygen atoms in total. The van der Waals surface area contributed by atoms with Crippen LogP contribution in [0.3, 0.4) is 0 Å². The monoisotopic (exact) mass is 232 g/mol. The van der Waals surface area contributed by atoms with Gasteiger partial charge in [0.2, 0.25) is 0 Å². The maximum absolute atomic E-state index is 11.7. The van der Waals surface area contributed by atoms with E-state index in [-0.39, 0.29) is 11.4 Å². The number of nitrogens with one attached hydrogen (secondary N) is 1. The van der Waals surface area contributed by atoms with Gasteiger partial charge in [0.15, 0.2) is 0 Å². The van der Waals surface area contributed by atoms with Crippen LogP contribution in [-0.4, -0.2) is 29.0 Å². The second-order valence-corrected chi connectivity index (χ2v) is 2.50. The van der Waals surface area contributed by atoms with Gasteiger partial charge in [-0.15, -0.1) is 0 Å². The van der Waals surface area contributed by atoms with Gasteiger partial charge in [-0.25, -0.2) is 13.8 Å². The van der Waals surface area contributed by atoms with E-state index in [4.69, 9.17) is 5.11 Å². The van der Waals surface area contributed by atoms with E-state index in [0.29, 0.717) is 0 Å². The normalized spacial score (nSPS) is 9.31. The zero-order chi connectivity index (χ0) is 12.6. The van der Waals surface area contributed by atoms with E-state index in [1.54, 1.807) is 0 Å². The average molecular weight is 232 g/mol. The number of carbonyl (C=O) groups excluding carboxylic acids is 1. The highest BCUT2D eigenvalue weighted by atomic mass is 19.3. The Balaban J connectivity index is 0.00000106. The van der Waals surface area contributed by atoms with Gasteiger partial charge >= 0.3 is 0 Å². The van der Waals surface area contributed by atoms with Crippen LogP contribution >= 0.6 is 0 Å². The summed E-state index contributed by atoms with van der Waals surface area (Å²) in [5.74, 6) is -0.777. The number of pyridine rings is 1. The van der Waals surface area contributed by atoms with Gasteiger partial charge in [-0.05, 0) is 12.1 Å². The molecule has 1 aromatic rings. The van der Waals surface area contributed by atoms with Crippen molar-refractivity contribution in [3.8, 4) is 5.75 Å². The lowest BCUT2D eigenvalue weighted by Crippen LogP contribution is -2.28. The molecule has 0 radical (unpaired) electrons. The Bertz CT molecular complexity index is 315. The van der Waals surface area contributed by atoms with Crippen molar-refractivity contribution in [1.29, 1.82) is 0 Å². The van der Waals surface area contributed by atoms with Gasteiger partial charge in [0.05, 0.1) is 12.7 Å². The van der Waals surface area contributed by atoms with Crippen molar-refractivity contribution in [2.45, 2.75) is 20.3 Å². The maximum atomic E-state index is 11.7. The highest BCUT2D eigenvalue weighted by Crippen LogP contribution is 2.05. The summed E-state index contributed by atoms with van der Waals surface area (Å²) in [5.41, 5.74) is -0.0107. The molecule has 0 unspecified atom stereocenters. The van der Waals surface area contributed by atoms with Gasteiger partial charge in [-0.2, -0.15) is 0 Å². The highest BCUT2D eigenvalue weighted by Gasteiger charge is 2.09. The summed E-state index contributed by atoms with van der Waals surface area (Å²) >= 11 is 0. The highest BCUT2D eigenvalue weighted by molar-refractivity contribution is 5.92. The van der Waals surface area contributed by atoms with Crippen LogP contribution in [0.5, 0.6) is 5.75 Å². The molecule has 0 bridgehead atoms. The molecule has 1 heterocycles. The number of nitrogens with zero attached hydrogens (tertiary/aromatic N) is 1. The van der Waals surface area contributed by atoms with E-state index >= 15 is 0 Å². The van der Waals surface area contributed by atoms with Gasteiger partial charge in [0.25, 0.3) is 12.3 Å². The summed E-state index contributed by atoms with van der Waals surface area (Å²) in [5, 5.41) is 10.8. The largest absolute Gasteiger partial charge is 0.506 e. The van der Waals surface area contributed by atoms with Crippen LogP contribution in [-0.2, 0) is 0 Å². The van der Waals surface area contributed by atoms with E-state index < -0.39 is 18.9 Å². The third-order valence-electron chi connectivity index (χ3n) is 1.40. The molecule has 0 aliphatic rings. The van der Waals surface area contributed by atoms with Gasteiger partial charge in [-0.1, -0.05) is 13.8 Å². The van der Waals surface area contributed by atoms with Crippen molar-refractivity contribution >= 4 is 5.91 Å². The lowest BCUT2D eigenvalue weighted by atomic mass is 10.3. The number of amides is 1. The molecule has 6 heteroatoms. The summed E-state index contributed by atoms with van der Waals surface area (Å²) in [6, 6.07) is 2.50. The van der Waals surface area contributed by atoms with Gasteiger partial charge in [-0.3, -0.25) is 4.79 Å². The van der Waals surface area contributed by atoms with E-state index in [0.717, 1.165) is 6.20 Å². The van der Waals surface area contributed by atoms with Crippen LogP contribution in [0.15, 0.2) is 18.3 Å². The molecule has 1 amide bonds. The zero-order valence-corrected chi connectivity index (χ0v) is 9.08. The molecule has 2 N–H and O–H groups in total. The Hall–Kier alpha value is -1.72. The summed E-state index contributed by atoms with van der Waals surface area (Å²) in [6.45, 7) is 3.29.